The third kappa shape index (κ3) is 4.08. The van der Waals surface area contributed by atoms with Crippen molar-refractivity contribution in [3.8, 4) is 0 Å². The minimum Gasteiger partial charge on any atom is -0.376 e. The number of amides is 1. The standard InChI is InChI=1S/C15H22ClN3O2/c1-3-17-14-8-12(13(16)9-18-14)15(20)19(4-2)10-11-6-5-7-21-11/h8-9,11H,3-7,10H2,1-2H3,(H,17,18). The number of carbonyl (C=O) groups excluding carboxylic acids is 1. The van der Waals surface area contributed by atoms with E-state index in [0.29, 0.717) is 29.5 Å². The summed E-state index contributed by atoms with van der Waals surface area (Å²) in [6.07, 6.45) is 3.74. The Labute approximate surface area is 130 Å². The number of nitrogens with zero attached hydrogens (tertiary/aromatic N) is 2. The van der Waals surface area contributed by atoms with Gasteiger partial charge in [-0.1, -0.05) is 11.6 Å². The highest BCUT2D eigenvalue weighted by Gasteiger charge is 2.24. The first-order chi connectivity index (χ1) is 10.2. The summed E-state index contributed by atoms with van der Waals surface area (Å²) in [4.78, 5) is 18.6. The van der Waals surface area contributed by atoms with Crippen LogP contribution in [0.3, 0.4) is 0 Å². The van der Waals surface area contributed by atoms with E-state index in [1.54, 1.807) is 11.0 Å². The molecule has 0 bridgehead atoms. The molecule has 1 N–H and O–H groups in total. The first kappa shape index (κ1) is 16.0. The fraction of sp³-hybridized carbons (Fsp3) is 0.600. The Kier molecular flexibility index (Phi) is 5.82. The van der Waals surface area contributed by atoms with Crippen LogP contribution >= 0.6 is 11.6 Å². The summed E-state index contributed by atoms with van der Waals surface area (Å²) in [6, 6.07) is 1.71. The number of likely N-dealkylation sites (N-methyl/N-ethyl adjacent to an activating group) is 1. The van der Waals surface area contributed by atoms with Gasteiger partial charge in [-0.2, -0.15) is 0 Å². The Bertz CT molecular complexity index is 490. The molecule has 6 heteroatoms. The number of hydrogen-bond donors (Lipinski definition) is 1. The Balaban J connectivity index is 2.13. The minimum atomic E-state index is -0.0699. The van der Waals surface area contributed by atoms with Gasteiger partial charge in [-0.25, -0.2) is 4.98 Å². The van der Waals surface area contributed by atoms with Gasteiger partial charge in [0.1, 0.15) is 5.82 Å². The molecule has 0 aromatic carbocycles. The molecule has 2 rings (SSSR count). The lowest BCUT2D eigenvalue weighted by Gasteiger charge is -2.24. The van der Waals surface area contributed by atoms with E-state index in [1.807, 2.05) is 13.8 Å². The van der Waals surface area contributed by atoms with Crippen molar-refractivity contribution in [2.24, 2.45) is 0 Å². The lowest BCUT2D eigenvalue weighted by Crippen LogP contribution is -2.37. The van der Waals surface area contributed by atoms with Crippen molar-refractivity contribution >= 4 is 23.3 Å². The van der Waals surface area contributed by atoms with Crippen LogP contribution in [0.5, 0.6) is 0 Å². The average molecular weight is 312 g/mol. The van der Waals surface area contributed by atoms with Crippen molar-refractivity contribution < 1.29 is 9.53 Å². The van der Waals surface area contributed by atoms with Crippen LogP contribution in [-0.2, 0) is 4.74 Å². The molecule has 21 heavy (non-hydrogen) atoms. The molecular weight excluding hydrogens is 290 g/mol. The van der Waals surface area contributed by atoms with Gasteiger partial charge >= 0.3 is 0 Å². The van der Waals surface area contributed by atoms with Crippen LogP contribution in [-0.4, -0.2) is 48.1 Å². The van der Waals surface area contributed by atoms with Crippen LogP contribution < -0.4 is 5.32 Å². The van der Waals surface area contributed by atoms with E-state index in [9.17, 15) is 4.79 Å². The fourth-order valence-corrected chi connectivity index (χ4v) is 2.62. The highest BCUT2D eigenvalue weighted by molar-refractivity contribution is 6.33. The number of nitrogens with one attached hydrogen (secondary N) is 1. The van der Waals surface area contributed by atoms with Gasteiger partial charge in [0.25, 0.3) is 5.91 Å². The molecule has 0 spiro atoms. The number of aromatic nitrogens is 1. The molecule has 0 saturated carbocycles. The number of carbonyl (C=O) groups is 1. The molecule has 0 aliphatic carbocycles. The molecular formula is C15H22ClN3O2. The summed E-state index contributed by atoms with van der Waals surface area (Å²) in [5.74, 6) is 0.595. The molecule has 1 aromatic heterocycles. The number of ether oxygens (including phenoxy) is 1. The molecule has 1 fully saturated rings. The molecule has 5 nitrogen and oxygen atoms in total. The van der Waals surface area contributed by atoms with Gasteiger partial charge in [0.2, 0.25) is 0 Å². The molecule has 1 atom stereocenters. The molecule has 0 radical (unpaired) electrons. The topological polar surface area (TPSA) is 54.5 Å². The number of pyridine rings is 1. The van der Waals surface area contributed by atoms with Crippen LogP contribution in [0.2, 0.25) is 5.02 Å². The van der Waals surface area contributed by atoms with E-state index in [-0.39, 0.29) is 12.0 Å². The molecule has 116 valence electrons. The molecule has 2 heterocycles. The first-order valence-electron chi connectivity index (χ1n) is 7.46. The molecule has 1 amide bonds. The minimum absolute atomic E-state index is 0.0699. The summed E-state index contributed by atoms with van der Waals surface area (Å²) in [7, 11) is 0. The van der Waals surface area contributed by atoms with Crippen molar-refractivity contribution in [3.63, 3.8) is 0 Å². The van der Waals surface area contributed by atoms with Gasteiger partial charge in [0.15, 0.2) is 0 Å². The first-order valence-corrected chi connectivity index (χ1v) is 7.83. The van der Waals surface area contributed by atoms with Gasteiger partial charge in [0, 0.05) is 32.4 Å². The normalized spacial score (nSPS) is 17.8. The Morgan fingerprint density at radius 3 is 3.00 bits per heavy atom. The van der Waals surface area contributed by atoms with Gasteiger partial charge in [-0.15, -0.1) is 0 Å². The second-order valence-corrected chi connectivity index (χ2v) is 5.47. The van der Waals surface area contributed by atoms with E-state index < -0.39 is 0 Å². The van der Waals surface area contributed by atoms with E-state index in [2.05, 4.69) is 10.3 Å². The molecule has 1 aliphatic rings. The van der Waals surface area contributed by atoms with Gasteiger partial charge < -0.3 is 15.0 Å². The zero-order valence-corrected chi connectivity index (χ0v) is 13.3. The van der Waals surface area contributed by atoms with E-state index in [1.165, 1.54) is 6.20 Å². The molecule has 1 aromatic rings. The fourth-order valence-electron chi connectivity index (χ4n) is 2.44. The predicted molar refractivity (Wildman–Crippen MR) is 84.0 cm³/mol. The lowest BCUT2D eigenvalue weighted by atomic mass is 10.2. The molecule has 1 aliphatic heterocycles. The summed E-state index contributed by atoms with van der Waals surface area (Å²) in [5.41, 5.74) is 0.488. The maximum absolute atomic E-state index is 12.7. The average Bonchev–Trinajstić information content (AvgIpc) is 2.99. The Morgan fingerprint density at radius 2 is 2.38 bits per heavy atom. The zero-order valence-electron chi connectivity index (χ0n) is 12.6. The summed E-state index contributed by atoms with van der Waals surface area (Å²) in [5, 5.41) is 3.48. The third-order valence-electron chi connectivity index (χ3n) is 3.56. The van der Waals surface area contributed by atoms with Crippen LogP contribution in [0, 0.1) is 0 Å². The van der Waals surface area contributed by atoms with Crippen LogP contribution in [0.4, 0.5) is 5.82 Å². The third-order valence-corrected chi connectivity index (χ3v) is 3.86. The number of anilines is 1. The van der Waals surface area contributed by atoms with Crippen LogP contribution in [0.15, 0.2) is 12.3 Å². The largest absolute Gasteiger partial charge is 0.376 e. The monoisotopic (exact) mass is 311 g/mol. The van der Waals surface area contributed by atoms with Crippen molar-refractivity contribution in [1.29, 1.82) is 0 Å². The Hall–Kier alpha value is -1.33. The summed E-state index contributed by atoms with van der Waals surface area (Å²) < 4.78 is 5.61. The SMILES string of the molecule is CCNc1cc(C(=O)N(CC)CC2CCCO2)c(Cl)cn1. The van der Waals surface area contributed by atoms with Gasteiger partial charge in [0.05, 0.1) is 16.7 Å². The van der Waals surface area contributed by atoms with E-state index >= 15 is 0 Å². The number of hydrogen-bond acceptors (Lipinski definition) is 4. The van der Waals surface area contributed by atoms with Gasteiger partial charge in [-0.05, 0) is 32.8 Å². The quantitative estimate of drug-likeness (QED) is 0.877. The van der Waals surface area contributed by atoms with Gasteiger partial charge in [-0.3, -0.25) is 4.79 Å². The maximum Gasteiger partial charge on any atom is 0.255 e. The van der Waals surface area contributed by atoms with E-state index in [0.717, 1.165) is 26.0 Å². The van der Waals surface area contributed by atoms with Crippen molar-refractivity contribution in [3.05, 3.63) is 22.8 Å². The summed E-state index contributed by atoms with van der Waals surface area (Å²) >= 11 is 6.14. The maximum atomic E-state index is 12.7. The van der Waals surface area contributed by atoms with E-state index in [4.69, 9.17) is 16.3 Å². The van der Waals surface area contributed by atoms with Crippen molar-refractivity contribution in [2.75, 3.05) is 31.6 Å². The highest BCUT2D eigenvalue weighted by Crippen LogP contribution is 2.21. The highest BCUT2D eigenvalue weighted by atomic mass is 35.5. The second-order valence-electron chi connectivity index (χ2n) is 5.06. The molecule has 1 unspecified atom stereocenters. The number of rotatable bonds is 6. The van der Waals surface area contributed by atoms with Crippen molar-refractivity contribution in [2.45, 2.75) is 32.8 Å². The predicted octanol–water partition coefficient (Wildman–Crippen LogP) is 2.81. The second kappa shape index (κ2) is 7.61. The van der Waals surface area contributed by atoms with Crippen LogP contribution in [0.25, 0.3) is 0 Å². The van der Waals surface area contributed by atoms with Crippen LogP contribution in [0.1, 0.15) is 37.0 Å². The summed E-state index contributed by atoms with van der Waals surface area (Å²) in [6.45, 7) is 6.73. The lowest BCUT2D eigenvalue weighted by molar-refractivity contribution is 0.0539. The smallest absolute Gasteiger partial charge is 0.255 e. The number of halogens is 1. The van der Waals surface area contributed by atoms with Crippen molar-refractivity contribution in [1.82, 2.24) is 9.88 Å². The Morgan fingerprint density at radius 1 is 1.57 bits per heavy atom. The zero-order chi connectivity index (χ0) is 15.2. The molecule has 1 saturated heterocycles.